The highest BCUT2D eigenvalue weighted by atomic mass is 28.4. The van der Waals surface area contributed by atoms with Gasteiger partial charge in [0.05, 0.1) is 0 Å². The lowest BCUT2D eigenvalue weighted by Gasteiger charge is -2.16. The second-order valence-electron chi connectivity index (χ2n) is 4.19. The Labute approximate surface area is 85.4 Å². The Morgan fingerprint density at radius 3 is 2.07 bits per heavy atom. The zero-order chi connectivity index (χ0) is 11.2. The molecule has 0 aliphatic heterocycles. The molecule has 0 aromatic heterocycles. The molecular weight excluding hydrogens is 200 g/mol. The van der Waals surface area contributed by atoms with Crippen LogP contribution >= 0.6 is 0 Å². The number of hydrogen-bond acceptors (Lipinski definition) is 3. The van der Waals surface area contributed by atoms with Gasteiger partial charge in [-0.3, -0.25) is 9.59 Å². The second-order valence-corrected chi connectivity index (χ2v) is 8.62. The molecule has 0 aliphatic rings. The fraction of sp³-hybridized carbons (Fsp3) is 0.778. The third-order valence-electron chi connectivity index (χ3n) is 1.44. The second kappa shape index (κ2) is 5.80. The lowest BCUT2D eigenvalue weighted by atomic mass is 10.2. The van der Waals surface area contributed by atoms with Crippen LogP contribution in [-0.2, 0) is 14.0 Å². The molecule has 0 amide bonds. The van der Waals surface area contributed by atoms with Crippen LogP contribution in [0.15, 0.2) is 0 Å². The van der Waals surface area contributed by atoms with Gasteiger partial charge < -0.3 is 9.53 Å². The average Bonchev–Trinajstić information content (AvgIpc) is 1.94. The molecule has 0 radical (unpaired) electrons. The quantitative estimate of drug-likeness (QED) is 0.547. The molecule has 0 heterocycles. The van der Waals surface area contributed by atoms with Crippen molar-refractivity contribution in [1.82, 2.24) is 0 Å². The Balaban J connectivity index is 3.50. The summed E-state index contributed by atoms with van der Waals surface area (Å²) < 4.78 is 5.20. The van der Waals surface area contributed by atoms with Crippen molar-refractivity contribution in [1.29, 1.82) is 0 Å². The molecule has 0 bridgehead atoms. The van der Waals surface area contributed by atoms with Crippen molar-refractivity contribution < 1.29 is 19.1 Å². The summed E-state index contributed by atoms with van der Waals surface area (Å²) in [5, 5.41) is 8.36. The SMILES string of the molecule is C[Si](C)(C)OC(=O)CCCCC(=O)O. The van der Waals surface area contributed by atoms with Crippen LogP contribution in [0.4, 0.5) is 0 Å². The van der Waals surface area contributed by atoms with Gasteiger partial charge in [0.1, 0.15) is 0 Å². The van der Waals surface area contributed by atoms with Crippen LogP contribution < -0.4 is 0 Å². The summed E-state index contributed by atoms with van der Waals surface area (Å²) in [6.07, 6.45) is 1.59. The Hall–Kier alpha value is -0.843. The van der Waals surface area contributed by atoms with E-state index >= 15 is 0 Å². The van der Waals surface area contributed by atoms with Gasteiger partial charge in [-0.25, -0.2) is 0 Å². The summed E-state index contributed by atoms with van der Waals surface area (Å²) in [7, 11) is -1.77. The molecule has 0 unspecified atom stereocenters. The van der Waals surface area contributed by atoms with Crippen molar-refractivity contribution in [2.75, 3.05) is 0 Å². The molecule has 1 N–H and O–H groups in total. The van der Waals surface area contributed by atoms with Crippen molar-refractivity contribution >= 4 is 20.3 Å². The van der Waals surface area contributed by atoms with Gasteiger partial charge in [-0.05, 0) is 32.5 Å². The van der Waals surface area contributed by atoms with Crippen molar-refractivity contribution in [2.24, 2.45) is 0 Å². The Kier molecular flexibility index (Phi) is 5.45. The summed E-state index contributed by atoms with van der Waals surface area (Å²) in [5.41, 5.74) is 0. The fourth-order valence-electron chi connectivity index (χ4n) is 0.938. The fourth-order valence-corrected chi connectivity index (χ4v) is 1.72. The predicted molar refractivity (Wildman–Crippen MR) is 55.5 cm³/mol. The molecule has 0 rings (SSSR count). The topological polar surface area (TPSA) is 63.6 Å². The molecule has 0 atom stereocenters. The maximum absolute atomic E-state index is 11.2. The number of aliphatic carboxylic acids is 1. The van der Waals surface area contributed by atoms with Gasteiger partial charge in [0, 0.05) is 12.8 Å². The highest BCUT2D eigenvalue weighted by molar-refractivity contribution is 6.71. The van der Waals surface area contributed by atoms with Crippen LogP contribution in [0.5, 0.6) is 0 Å². The third kappa shape index (κ3) is 9.25. The minimum absolute atomic E-state index is 0.125. The van der Waals surface area contributed by atoms with Gasteiger partial charge in [-0.1, -0.05) is 0 Å². The molecule has 0 fully saturated rings. The molecular formula is C9H18O4Si. The molecule has 5 heteroatoms. The normalized spacial score (nSPS) is 11.1. The van der Waals surface area contributed by atoms with Gasteiger partial charge in [-0.2, -0.15) is 0 Å². The van der Waals surface area contributed by atoms with E-state index in [4.69, 9.17) is 9.53 Å². The highest BCUT2D eigenvalue weighted by Crippen LogP contribution is 2.07. The first kappa shape index (κ1) is 13.2. The van der Waals surface area contributed by atoms with Crippen LogP contribution in [0.2, 0.25) is 19.6 Å². The number of carboxylic acid groups (broad SMARTS) is 1. The third-order valence-corrected chi connectivity index (χ3v) is 2.28. The highest BCUT2D eigenvalue weighted by Gasteiger charge is 2.19. The Morgan fingerprint density at radius 2 is 1.64 bits per heavy atom. The van der Waals surface area contributed by atoms with Crippen molar-refractivity contribution in [3.05, 3.63) is 0 Å². The molecule has 0 aromatic rings. The van der Waals surface area contributed by atoms with E-state index in [0.717, 1.165) is 0 Å². The van der Waals surface area contributed by atoms with E-state index in [-0.39, 0.29) is 12.4 Å². The summed E-state index contributed by atoms with van der Waals surface area (Å²) in [6, 6.07) is 0. The summed E-state index contributed by atoms with van der Waals surface area (Å²) in [6.45, 7) is 5.84. The molecule has 14 heavy (non-hydrogen) atoms. The largest absolute Gasteiger partial charge is 0.520 e. The Morgan fingerprint density at radius 1 is 1.14 bits per heavy atom. The standard InChI is InChI=1S/C9H18O4Si/c1-14(2,3)13-9(12)7-5-4-6-8(10)11/h4-7H2,1-3H3,(H,10,11). The molecule has 0 saturated carbocycles. The molecule has 0 aliphatic carbocycles. The van der Waals surface area contributed by atoms with E-state index in [2.05, 4.69) is 0 Å². The van der Waals surface area contributed by atoms with Crippen LogP contribution in [0, 0.1) is 0 Å². The van der Waals surface area contributed by atoms with Gasteiger partial charge in [0.2, 0.25) is 8.32 Å². The number of carboxylic acids is 1. The van der Waals surface area contributed by atoms with E-state index < -0.39 is 14.3 Å². The maximum atomic E-state index is 11.2. The molecule has 0 saturated heterocycles. The summed E-state index contributed by atoms with van der Waals surface area (Å²) in [4.78, 5) is 21.3. The first-order chi connectivity index (χ1) is 6.31. The molecule has 0 aromatic carbocycles. The van der Waals surface area contributed by atoms with E-state index in [1.807, 2.05) is 19.6 Å². The smallest absolute Gasteiger partial charge is 0.303 e. The van der Waals surface area contributed by atoms with Crippen LogP contribution in [0.1, 0.15) is 25.7 Å². The van der Waals surface area contributed by atoms with E-state index in [9.17, 15) is 9.59 Å². The maximum Gasteiger partial charge on any atom is 0.303 e. The van der Waals surface area contributed by atoms with E-state index in [1.165, 1.54) is 0 Å². The number of carbonyl (C=O) groups excluding carboxylic acids is 1. The molecule has 4 nitrogen and oxygen atoms in total. The number of carbonyl (C=O) groups is 2. The summed E-state index contributed by atoms with van der Waals surface area (Å²) in [5.74, 6) is -1.02. The lowest BCUT2D eigenvalue weighted by Crippen LogP contribution is -2.29. The van der Waals surface area contributed by atoms with Crippen LogP contribution in [-0.4, -0.2) is 25.4 Å². The first-order valence-corrected chi connectivity index (χ1v) is 8.16. The minimum atomic E-state index is -1.77. The minimum Gasteiger partial charge on any atom is -0.520 e. The number of unbranched alkanes of at least 4 members (excludes halogenated alkanes) is 1. The van der Waals surface area contributed by atoms with Crippen molar-refractivity contribution in [3.8, 4) is 0 Å². The van der Waals surface area contributed by atoms with E-state index in [1.54, 1.807) is 0 Å². The first-order valence-electron chi connectivity index (χ1n) is 4.75. The zero-order valence-electron chi connectivity index (χ0n) is 9.00. The molecule has 0 spiro atoms. The average molecular weight is 218 g/mol. The monoisotopic (exact) mass is 218 g/mol. The predicted octanol–water partition coefficient (Wildman–Crippen LogP) is 2.01. The van der Waals surface area contributed by atoms with Crippen LogP contribution in [0.3, 0.4) is 0 Å². The Bertz CT molecular complexity index is 207. The zero-order valence-corrected chi connectivity index (χ0v) is 10.0. The lowest BCUT2D eigenvalue weighted by molar-refractivity contribution is -0.138. The number of hydrogen-bond donors (Lipinski definition) is 1. The van der Waals surface area contributed by atoms with Crippen LogP contribution in [0.25, 0.3) is 0 Å². The van der Waals surface area contributed by atoms with Gasteiger partial charge in [0.15, 0.2) is 0 Å². The summed E-state index contributed by atoms with van der Waals surface area (Å²) >= 11 is 0. The van der Waals surface area contributed by atoms with Crippen molar-refractivity contribution in [3.63, 3.8) is 0 Å². The molecule has 82 valence electrons. The number of rotatable bonds is 6. The van der Waals surface area contributed by atoms with Gasteiger partial charge in [-0.15, -0.1) is 0 Å². The van der Waals surface area contributed by atoms with Gasteiger partial charge in [0.25, 0.3) is 5.97 Å². The van der Waals surface area contributed by atoms with E-state index in [0.29, 0.717) is 19.3 Å². The van der Waals surface area contributed by atoms with Crippen molar-refractivity contribution in [2.45, 2.75) is 45.3 Å². The van der Waals surface area contributed by atoms with Gasteiger partial charge >= 0.3 is 5.97 Å².